The molecule has 4 rings (SSSR count). The summed E-state index contributed by atoms with van der Waals surface area (Å²) in [5.41, 5.74) is 2.08. The monoisotopic (exact) mass is 443 g/mol. The van der Waals surface area contributed by atoms with Crippen LogP contribution < -0.4 is 19.3 Å². The molecular weight excluding hydrogens is 414 g/mol. The molecule has 1 N–H and O–H groups in total. The summed E-state index contributed by atoms with van der Waals surface area (Å²) in [5, 5.41) is 0. The Kier molecular flexibility index (Phi) is 5.83. The van der Waals surface area contributed by atoms with E-state index >= 15 is 0 Å². The third kappa shape index (κ3) is 4.63. The van der Waals surface area contributed by atoms with Gasteiger partial charge in [-0.1, -0.05) is 6.92 Å². The number of benzene rings is 2. The minimum absolute atomic E-state index is 0.0877. The van der Waals surface area contributed by atoms with Crippen LogP contribution in [0.1, 0.15) is 33.6 Å². The third-order valence-electron chi connectivity index (χ3n) is 5.95. The zero-order valence-electron chi connectivity index (χ0n) is 18.2. The maximum atomic E-state index is 13.0. The Hall–Kier alpha value is -2.74. The smallest absolute Gasteiger partial charge is 0.261 e. The topological polar surface area (TPSA) is 78.9 Å². The molecule has 1 atom stereocenters. The SMILES string of the molecule is CC(=O)N1CC(C)Oc2ccc(S(=O)(=O)Nc3ccc(N4CCC(C)CC4)cc3)cc21. The summed E-state index contributed by atoms with van der Waals surface area (Å²) < 4.78 is 34.4. The van der Waals surface area contributed by atoms with Crippen LogP contribution in [0.25, 0.3) is 0 Å². The zero-order valence-corrected chi connectivity index (χ0v) is 19.0. The number of carbonyl (C=O) groups is 1. The summed E-state index contributed by atoms with van der Waals surface area (Å²) in [6.07, 6.45) is 2.19. The fourth-order valence-electron chi connectivity index (χ4n) is 4.10. The number of hydrogen-bond acceptors (Lipinski definition) is 5. The maximum Gasteiger partial charge on any atom is 0.261 e. The Labute approximate surface area is 184 Å². The number of amides is 1. The average molecular weight is 444 g/mol. The molecule has 2 heterocycles. The second-order valence-electron chi connectivity index (χ2n) is 8.51. The second kappa shape index (κ2) is 8.42. The molecule has 166 valence electrons. The number of ether oxygens (including phenoxy) is 1. The molecule has 31 heavy (non-hydrogen) atoms. The molecule has 7 nitrogen and oxygen atoms in total. The van der Waals surface area contributed by atoms with Crippen LogP contribution in [0.3, 0.4) is 0 Å². The lowest BCUT2D eigenvalue weighted by molar-refractivity contribution is -0.117. The van der Waals surface area contributed by atoms with Gasteiger partial charge in [-0.3, -0.25) is 9.52 Å². The predicted octanol–water partition coefficient (Wildman–Crippen LogP) is 3.86. The van der Waals surface area contributed by atoms with Crippen molar-refractivity contribution in [2.75, 3.05) is 34.2 Å². The van der Waals surface area contributed by atoms with Gasteiger partial charge in [-0.25, -0.2) is 8.42 Å². The van der Waals surface area contributed by atoms with E-state index in [4.69, 9.17) is 4.74 Å². The molecule has 1 amide bonds. The summed E-state index contributed by atoms with van der Waals surface area (Å²) in [7, 11) is -3.81. The molecule has 0 radical (unpaired) electrons. The van der Waals surface area contributed by atoms with Crippen LogP contribution in [0.5, 0.6) is 5.75 Å². The number of sulfonamides is 1. The van der Waals surface area contributed by atoms with Gasteiger partial charge in [0, 0.05) is 31.4 Å². The Morgan fingerprint density at radius 2 is 1.74 bits per heavy atom. The minimum Gasteiger partial charge on any atom is -0.487 e. The van der Waals surface area contributed by atoms with Crippen LogP contribution in [-0.2, 0) is 14.8 Å². The van der Waals surface area contributed by atoms with Crippen molar-refractivity contribution in [2.45, 2.75) is 44.6 Å². The minimum atomic E-state index is -3.81. The molecule has 0 aliphatic carbocycles. The largest absolute Gasteiger partial charge is 0.487 e. The summed E-state index contributed by atoms with van der Waals surface area (Å²) >= 11 is 0. The highest BCUT2D eigenvalue weighted by Gasteiger charge is 2.28. The Morgan fingerprint density at radius 3 is 2.39 bits per heavy atom. The lowest BCUT2D eigenvalue weighted by atomic mass is 9.99. The van der Waals surface area contributed by atoms with Crippen LogP contribution in [0.15, 0.2) is 47.4 Å². The summed E-state index contributed by atoms with van der Waals surface area (Å²) in [5.74, 6) is 1.11. The van der Waals surface area contributed by atoms with Gasteiger partial charge in [0.15, 0.2) is 0 Å². The molecular formula is C23H29N3O4S. The maximum absolute atomic E-state index is 13.0. The van der Waals surface area contributed by atoms with E-state index < -0.39 is 10.0 Å². The van der Waals surface area contributed by atoms with E-state index in [9.17, 15) is 13.2 Å². The van der Waals surface area contributed by atoms with E-state index in [0.717, 1.165) is 24.7 Å². The normalized spacial score (nSPS) is 19.5. The highest BCUT2D eigenvalue weighted by Crippen LogP contribution is 2.36. The lowest BCUT2D eigenvalue weighted by Gasteiger charge is -2.33. The molecule has 1 unspecified atom stereocenters. The first kappa shape index (κ1) is 21.5. The number of rotatable bonds is 4. The van der Waals surface area contributed by atoms with Crippen molar-refractivity contribution in [3.63, 3.8) is 0 Å². The molecule has 0 bridgehead atoms. The molecule has 2 aliphatic heterocycles. The van der Waals surface area contributed by atoms with E-state index in [2.05, 4.69) is 16.5 Å². The Bertz CT molecular complexity index is 1060. The van der Waals surface area contributed by atoms with Crippen LogP contribution in [0.2, 0.25) is 0 Å². The predicted molar refractivity (Wildman–Crippen MR) is 122 cm³/mol. The fraction of sp³-hybridized carbons (Fsp3) is 0.435. The van der Waals surface area contributed by atoms with E-state index in [0.29, 0.717) is 23.7 Å². The van der Waals surface area contributed by atoms with Crippen molar-refractivity contribution in [2.24, 2.45) is 5.92 Å². The number of hydrogen-bond donors (Lipinski definition) is 1. The Morgan fingerprint density at radius 1 is 1.06 bits per heavy atom. The van der Waals surface area contributed by atoms with E-state index in [1.807, 2.05) is 19.1 Å². The average Bonchev–Trinajstić information content (AvgIpc) is 2.73. The third-order valence-corrected chi connectivity index (χ3v) is 7.33. The molecule has 0 spiro atoms. The van der Waals surface area contributed by atoms with Gasteiger partial charge in [-0.15, -0.1) is 0 Å². The number of carbonyl (C=O) groups excluding carboxylic acids is 1. The van der Waals surface area contributed by atoms with Gasteiger partial charge < -0.3 is 14.5 Å². The molecule has 1 fully saturated rings. The van der Waals surface area contributed by atoms with Crippen LogP contribution in [0, 0.1) is 5.92 Å². The molecule has 0 saturated carbocycles. The molecule has 8 heteroatoms. The van der Waals surface area contributed by atoms with E-state index in [-0.39, 0.29) is 16.9 Å². The molecule has 2 aromatic carbocycles. The molecule has 1 saturated heterocycles. The highest BCUT2D eigenvalue weighted by molar-refractivity contribution is 7.92. The quantitative estimate of drug-likeness (QED) is 0.776. The summed E-state index contributed by atoms with van der Waals surface area (Å²) in [4.78, 5) is 16.0. The second-order valence-corrected chi connectivity index (χ2v) is 10.2. The van der Waals surface area contributed by atoms with Gasteiger partial charge in [0.2, 0.25) is 5.91 Å². The van der Waals surface area contributed by atoms with Crippen molar-refractivity contribution >= 4 is 33.0 Å². The van der Waals surface area contributed by atoms with Gasteiger partial charge in [0.1, 0.15) is 11.9 Å². The van der Waals surface area contributed by atoms with Crippen LogP contribution in [-0.4, -0.2) is 40.1 Å². The lowest BCUT2D eigenvalue weighted by Crippen LogP contribution is -2.41. The first-order valence-electron chi connectivity index (χ1n) is 10.7. The summed E-state index contributed by atoms with van der Waals surface area (Å²) in [6.45, 7) is 8.04. The first-order chi connectivity index (χ1) is 14.7. The van der Waals surface area contributed by atoms with Crippen molar-refractivity contribution in [1.82, 2.24) is 0 Å². The van der Waals surface area contributed by atoms with Gasteiger partial charge in [-0.2, -0.15) is 0 Å². The number of piperidine rings is 1. The van der Waals surface area contributed by atoms with Crippen molar-refractivity contribution in [1.29, 1.82) is 0 Å². The van der Waals surface area contributed by atoms with E-state index in [1.165, 1.54) is 31.9 Å². The van der Waals surface area contributed by atoms with Crippen molar-refractivity contribution in [3.8, 4) is 5.75 Å². The number of anilines is 3. The van der Waals surface area contributed by atoms with Crippen LogP contribution in [0.4, 0.5) is 17.1 Å². The standard InChI is InChI=1S/C23H29N3O4S/c1-16-10-12-25(13-11-16)20-6-4-19(5-7-20)24-31(28,29)21-8-9-23-22(14-21)26(18(3)27)15-17(2)30-23/h4-9,14,16-17,24H,10-13,15H2,1-3H3. The van der Waals surface area contributed by atoms with Gasteiger partial charge in [0.25, 0.3) is 10.0 Å². The zero-order chi connectivity index (χ0) is 22.2. The fourth-order valence-corrected chi connectivity index (χ4v) is 5.18. The Balaban J connectivity index is 1.53. The van der Waals surface area contributed by atoms with Gasteiger partial charge >= 0.3 is 0 Å². The number of nitrogens with zero attached hydrogens (tertiary/aromatic N) is 2. The van der Waals surface area contributed by atoms with Gasteiger partial charge in [-0.05, 0) is 68.1 Å². The molecule has 2 aliphatic rings. The number of nitrogens with one attached hydrogen (secondary N) is 1. The molecule has 0 aromatic heterocycles. The molecule has 2 aromatic rings. The van der Waals surface area contributed by atoms with Crippen molar-refractivity contribution in [3.05, 3.63) is 42.5 Å². The van der Waals surface area contributed by atoms with Crippen molar-refractivity contribution < 1.29 is 17.9 Å². The first-order valence-corrected chi connectivity index (χ1v) is 12.2. The highest BCUT2D eigenvalue weighted by atomic mass is 32.2. The summed E-state index contributed by atoms with van der Waals surface area (Å²) in [6, 6.07) is 12.1. The number of fused-ring (bicyclic) bond motifs is 1. The van der Waals surface area contributed by atoms with Crippen LogP contribution >= 0.6 is 0 Å². The van der Waals surface area contributed by atoms with E-state index in [1.54, 1.807) is 23.1 Å². The van der Waals surface area contributed by atoms with Gasteiger partial charge in [0.05, 0.1) is 17.1 Å².